The van der Waals surface area contributed by atoms with Gasteiger partial charge in [-0.25, -0.2) is 28.4 Å². The van der Waals surface area contributed by atoms with E-state index in [1.54, 1.807) is 43.3 Å². The van der Waals surface area contributed by atoms with E-state index in [9.17, 15) is 24.3 Å². The molecule has 3 aliphatic rings. The lowest BCUT2D eigenvalue weighted by atomic mass is 9.56. The van der Waals surface area contributed by atoms with Crippen molar-refractivity contribution < 1.29 is 19.4 Å². The molecule has 0 bridgehead atoms. The molecule has 10 nitrogen and oxygen atoms in total. The van der Waals surface area contributed by atoms with Crippen molar-refractivity contribution >= 4 is 17.5 Å². The van der Waals surface area contributed by atoms with Crippen molar-refractivity contribution in [2.24, 2.45) is 18.4 Å². The maximum atomic E-state index is 14.2. The fraction of sp³-hybridized carbons (Fsp3) is 0.333. The Bertz CT molecular complexity index is 1610. The molecule has 2 aromatic carbocycles. The van der Waals surface area contributed by atoms with E-state index < -0.39 is 34.7 Å². The number of fused-ring (bicyclic) bond motifs is 4. The van der Waals surface area contributed by atoms with Crippen molar-refractivity contribution in [1.29, 1.82) is 0 Å². The molecule has 2 amide bonds. The second-order valence-corrected chi connectivity index (χ2v) is 10.0. The Morgan fingerprint density at radius 2 is 1.76 bits per heavy atom. The molecule has 1 aromatic heterocycles. The summed E-state index contributed by atoms with van der Waals surface area (Å²) < 4.78 is 9.06. The summed E-state index contributed by atoms with van der Waals surface area (Å²) in [6.07, 6.45) is 2.03. The van der Waals surface area contributed by atoms with Crippen molar-refractivity contribution in [2.45, 2.75) is 31.8 Å². The average molecular weight is 503 g/mol. The molecule has 0 spiro atoms. The number of phenols is 1. The van der Waals surface area contributed by atoms with Gasteiger partial charge in [-0.2, -0.15) is 0 Å². The van der Waals surface area contributed by atoms with Crippen LogP contribution in [0, 0.1) is 11.3 Å². The number of hydrogen-bond acceptors (Lipinski definition) is 6. The van der Waals surface area contributed by atoms with E-state index in [4.69, 9.17) is 4.74 Å². The number of imide groups is 1. The third kappa shape index (κ3) is 2.92. The minimum absolute atomic E-state index is 0.0762. The first-order valence-electron chi connectivity index (χ1n) is 12.1. The second kappa shape index (κ2) is 7.83. The molecule has 0 unspecified atom stereocenters. The average Bonchev–Trinajstić information content (AvgIpc) is 3.24. The van der Waals surface area contributed by atoms with E-state index in [1.807, 2.05) is 12.1 Å². The largest absolute Gasteiger partial charge is 0.508 e. The predicted molar refractivity (Wildman–Crippen MR) is 134 cm³/mol. The van der Waals surface area contributed by atoms with Crippen LogP contribution in [0.15, 0.2) is 69.8 Å². The summed E-state index contributed by atoms with van der Waals surface area (Å²) in [6, 6.07) is 13.0. The van der Waals surface area contributed by atoms with E-state index in [-0.39, 0.29) is 30.5 Å². The Labute approximate surface area is 211 Å². The van der Waals surface area contributed by atoms with Crippen LogP contribution in [-0.2, 0) is 23.2 Å². The summed E-state index contributed by atoms with van der Waals surface area (Å²) in [5, 5.41) is 11.1. The Balaban J connectivity index is 1.60. The van der Waals surface area contributed by atoms with Gasteiger partial charge < -0.3 is 9.84 Å². The van der Waals surface area contributed by atoms with Gasteiger partial charge in [0.25, 0.3) is 0 Å². The van der Waals surface area contributed by atoms with Crippen LogP contribution in [0.2, 0.25) is 0 Å². The molecule has 1 aliphatic carbocycles. The number of allylic oxidation sites excluding steroid dienone is 2. The maximum Gasteiger partial charge on any atom is 0.347 e. The second-order valence-electron chi connectivity index (χ2n) is 10.0. The smallest absolute Gasteiger partial charge is 0.347 e. The van der Waals surface area contributed by atoms with Gasteiger partial charge in [-0.15, -0.1) is 0 Å². The Kier molecular flexibility index (Phi) is 4.88. The number of para-hydroxylation sites is 1. The Morgan fingerprint density at radius 1 is 1.03 bits per heavy atom. The van der Waals surface area contributed by atoms with Crippen LogP contribution in [0.25, 0.3) is 0 Å². The number of ether oxygens (including phenoxy) is 1. The third-order valence-electron chi connectivity index (χ3n) is 8.29. The molecule has 1 saturated carbocycles. The molecule has 3 heterocycles. The minimum Gasteiger partial charge on any atom is -0.508 e. The van der Waals surface area contributed by atoms with Crippen molar-refractivity contribution in [3.63, 3.8) is 0 Å². The zero-order valence-corrected chi connectivity index (χ0v) is 20.6. The number of aromatic nitrogens is 3. The first kappa shape index (κ1) is 23.1. The number of nitrogens with zero attached hydrogens (tertiary/aromatic N) is 4. The first-order valence-corrected chi connectivity index (χ1v) is 12.1. The monoisotopic (exact) mass is 502 g/mol. The summed E-state index contributed by atoms with van der Waals surface area (Å²) in [4.78, 5) is 55.2. The van der Waals surface area contributed by atoms with E-state index in [2.05, 4.69) is 0 Å². The highest BCUT2D eigenvalue weighted by Crippen LogP contribution is 2.62. The molecule has 4 atom stereocenters. The van der Waals surface area contributed by atoms with Gasteiger partial charge in [-0.05, 0) is 37.1 Å². The van der Waals surface area contributed by atoms with Crippen molar-refractivity contribution in [1.82, 2.24) is 13.9 Å². The molecule has 1 N–H and O–H groups in total. The molecule has 2 aliphatic heterocycles. The number of phenolic OH excluding ortho intramolecular Hbond substituents is 1. The SMILES string of the molecule is COc1ccc([C@H]2C3=CCn4c(=O)n(C)c(=O)n4[C@@H]3C[C@H]3C(=O)N(c4ccccc4)C(=O)[C@@]23C)c(O)c1. The predicted octanol–water partition coefficient (Wildman–Crippen LogP) is 1.93. The number of anilines is 1. The van der Waals surface area contributed by atoms with E-state index in [0.29, 0.717) is 17.0 Å². The topological polar surface area (TPSA) is 116 Å². The maximum absolute atomic E-state index is 14.2. The third-order valence-corrected chi connectivity index (χ3v) is 8.29. The minimum atomic E-state index is -1.23. The molecule has 190 valence electrons. The summed E-state index contributed by atoms with van der Waals surface area (Å²) in [5.74, 6) is -1.87. The highest BCUT2D eigenvalue weighted by molar-refractivity contribution is 6.24. The van der Waals surface area contributed by atoms with Gasteiger partial charge >= 0.3 is 11.4 Å². The summed E-state index contributed by atoms with van der Waals surface area (Å²) in [6.45, 7) is 1.90. The molecule has 6 rings (SSSR count). The Hall–Kier alpha value is -4.34. The fourth-order valence-electron chi connectivity index (χ4n) is 6.45. The van der Waals surface area contributed by atoms with Crippen molar-refractivity contribution in [3.05, 3.63) is 86.7 Å². The van der Waals surface area contributed by atoms with Gasteiger partial charge in [0.05, 0.1) is 36.7 Å². The van der Waals surface area contributed by atoms with Crippen LogP contribution < -0.4 is 21.0 Å². The molecular weight excluding hydrogens is 476 g/mol. The lowest BCUT2D eigenvalue weighted by Gasteiger charge is -2.47. The van der Waals surface area contributed by atoms with Gasteiger partial charge in [0.15, 0.2) is 0 Å². The highest BCUT2D eigenvalue weighted by Gasteiger charge is 2.65. The molecular formula is C27H26N4O6. The zero-order chi connectivity index (χ0) is 26.2. The van der Waals surface area contributed by atoms with Gasteiger partial charge in [0.2, 0.25) is 11.8 Å². The van der Waals surface area contributed by atoms with E-state index >= 15 is 0 Å². The number of methoxy groups -OCH3 is 1. The number of amides is 2. The lowest BCUT2D eigenvalue weighted by Crippen LogP contribution is -2.49. The number of rotatable bonds is 3. The van der Waals surface area contributed by atoms with Gasteiger partial charge in [-0.3, -0.25) is 9.59 Å². The number of hydrogen-bond donors (Lipinski definition) is 1. The van der Waals surface area contributed by atoms with Crippen LogP contribution in [0.5, 0.6) is 11.5 Å². The molecule has 0 radical (unpaired) electrons. The summed E-state index contributed by atoms with van der Waals surface area (Å²) >= 11 is 0. The quantitative estimate of drug-likeness (QED) is 0.432. The Morgan fingerprint density at radius 3 is 2.43 bits per heavy atom. The van der Waals surface area contributed by atoms with Gasteiger partial charge in [-0.1, -0.05) is 30.3 Å². The number of benzene rings is 2. The van der Waals surface area contributed by atoms with Crippen LogP contribution in [0.3, 0.4) is 0 Å². The highest BCUT2D eigenvalue weighted by atomic mass is 16.5. The number of aromatic hydroxyl groups is 1. The van der Waals surface area contributed by atoms with Gasteiger partial charge in [0, 0.05) is 24.6 Å². The zero-order valence-electron chi connectivity index (χ0n) is 20.6. The van der Waals surface area contributed by atoms with Crippen LogP contribution in [0.4, 0.5) is 5.69 Å². The molecule has 37 heavy (non-hydrogen) atoms. The standard InChI is InChI=1S/C27H26N4O6/c1-27-19(23(33)30(24(27)34)15-7-5-4-6-8-15)14-20-17(11-12-29-25(35)28(2)26(36)31(20)29)22(27)18-10-9-16(37-3)13-21(18)32/h4-11,13,19-20,22,32H,12,14H2,1-3H3/t19-,20+,22+,27+/m0/s1. The van der Waals surface area contributed by atoms with Gasteiger partial charge in [0.1, 0.15) is 11.5 Å². The summed E-state index contributed by atoms with van der Waals surface area (Å²) in [7, 11) is 2.91. The number of carbonyl (C=O) groups is 2. The molecule has 2 fully saturated rings. The molecule has 10 heteroatoms. The van der Waals surface area contributed by atoms with Crippen LogP contribution in [0.1, 0.15) is 30.9 Å². The number of carbonyl (C=O) groups excluding carboxylic acids is 2. The van der Waals surface area contributed by atoms with Crippen LogP contribution >= 0.6 is 0 Å². The van der Waals surface area contributed by atoms with Crippen molar-refractivity contribution in [3.8, 4) is 11.5 Å². The van der Waals surface area contributed by atoms with E-state index in [1.165, 1.54) is 34.5 Å². The normalized spacial score (nSPS) is 26.4. The first-order chi connectivity index (χ1) is 17.7. The summed E-state index contributed by atoms with van der Waals surface area (Å²) in [5.41, 5.74) is -0.516. The molecule has 3 aromatic rings. The molecule has 1 saturated heterocycles. The van der Waals surface area contributed by atoms with Crippen molar-refractivity contribution in [2.75, 3.05) is 12.0 Å². The fourth-order valence-corrected chi connectivity index (χ4v) is 6.45. The van der Waals surface area contributed by atoms with Crippen LogP contribution in [-0.4, -0.2) is 38.0 Å². The lowest BCUT2D eigenvalue weighted by molar-refractivity contribution is -0.129. The van der Waals surface area contributed by atoms with E-state index in [0.717, 1.165) is 10.1 Å².